The van der Waals surface area contributed by atoms with Crippen LogP contribution in [0.25, 0.3) is 0 Å². The second-order valence-electron chi connectivity index (χ2n) is 8.04. The van der Waals surface area contributed by atoms with Gasteiger partial charge >= 0.3 is 0 Å². The number of sulfonamides is 1. The van der Waals surface area contributed by atoms with Gasteiger partial charge in [-0.15, -0.1) is 0 Å². The highest BCUT2D eigenvalue weighted by Gasteiger charge is 2.34. The lowest BCUT2D eigenvalue weighted by atomic mass is 10.0. The maximum Gasteiger partial charge on any atom is 0.243 e. The predicted octanol–water partition coefficient (Wildman–Crippen LogP) is 4.05. The molecule has 1 fully saturated rings. The third-order valence-corrected chi connectivity index (χ3v) is 7.85. The van der Waals surface area contributed by atoms with Gasteiger partial charge in [0.2, 0.25) is 15.9 Å². The van der Waals surface area contributed by atoms with Crippen LogP contribution in [0.15, 0.2) is 47.4 Å². The second kappa shape index (κ2) is 8.40. The topological polar surface area (TPSA) is 66.9 Å². The lowest BCUT2D eigenvalue weighted by Gasteiger charge is -2.31. The summed E-state index contributed by atoms with van der Waals surface area (Å²) >= 11 is 0. The summed E-state index contributed by atoms with van der Waals surface area (Å²) in [5, 5.41) is 0. The Morgan fingerprint density at radius 1 is 1.03 bits per heavy atom. The largest absolute Gasteiger partial charge is 0.489 e. The van der Waals surface area contributed by atoms with Crippen LogP contribution in [0.5, 0.6) is 5.75 Å². The van der Waals surface area contributed by atoms with E-state index in [4.69, 9.17) is 4.74 Å². The van der Waals surface area contributed by atoms with Gasteiger partial charge in [0.25, 0.3) is 0 Å². The molecular weight excluding hydrogens is 400 g/mol. The minimum Gasteiger partial charge on any atom is -0.489 e. The molecule has 1 unspecified atom stereocenters. The molecule has 0 N–H and O–H groups in total. The van der Waals surface area contributed by atoms with E-state index in [1.807, 2.05) is 31.2 Å². The fourth-order valence-corrected chi connectivity index (χ4v) is 6.01. The monoisotopic (exact) mass is 428 g/mol. The number of rotatable bonds is 3. The van der Waals surface area contributed by atoms with Gasteiger partial charge in [-0.25, -0.2) is 8.42 Å². The van der Waals surface area contributed by atoms with Crippen LogP contribution in [0.4, 0.5) is 5.69 Å². The molecule has 7 heteroatoms. The Bertz CT molecular complexity index is 1030. The Morgan fingerprint density at radius 3 is 2.53 bits per heavy atom. The molecule has 1 saturated heterocycles. The van der Waals surface area contributed by atoms with Gasteiger partial charge in [-0.2, -0.15) is 4.31 Å². The fourth-order valence-electron chi connectivity index (χ4n) is 4.31. The van der Waals surface area contributed by atoms with Crippen molar-refractivity contribution in [2.75, 3.05) is 24.6 Å². The first-order valence-corrected chi connectivity index (χ1v) is 12.0. The maximum atomic E-state index is 13.7. The lowest BCUT2D eigenvalue weighted by molar-refractivity contribution is -0.116. The van der Waals surface area contributed by atoms with Crippen molar-refractivity contribution in [3.63, 3.8) is 0 Å². The first kappa shape index (κ1) is 20.9. The molecule has 2 heterocycles. The third-order valence-electron chi connectivity index (χ3n) is 5.95. The normalized spacial score (nSPS) is 20.2. The molecule has 2 aromatic carbocycles. The quantitative estimate of drug-likeness (QED) is 0.740. The molecule has 0 spiro atoms. The first-order chi connectivity index (χ1) is 14.4. The van der Waals surface area contributed by atoms with Crippen LogP contribution in [0.3, 0.4) is 0 Å². The predicted molar refractivity (Wildman–Crippen MR) is 116 cm³/mol. The molecule has 0 aromatic heterocycles. The molecule has 2 aliphatic heterocycles. The highest BCUT2D eigenvalue weighted by atomic mass is 32.2. The molecule has 2 aliphatic rings. The van der Waals surface area contributed by atoms with Crippen molar-refractivity contribution in [2.45, 2.75) is 50.5 Å². The van der Waals surface area contributed by atoms with Crippen molar-refractivity contribution in [3.05, 3.63) is 53.6 Å². The van der Waals surface area contributed by atoms with Crippen LogP contribution in [-0.2, 0) is 14.8 Å². The van der Waals surface area contributed by atoms with Gasteiger partial charge in [-0.3, -0.25) is 4.79 Å². The highest BCUT2D eigenvalue weighted by Crippen LogP contribution is 2.38. The summed E-state index contributed by atoms with van der Waals surface area (Å²) in [4.78, 5) is 13.7. The van der Waals surface area contributed by atoms with Crippen LogP contribution in [0.1, 0.15) is 49.8 Å². The number of ether oxygens (including phenoxy) is 1. The van der Waals surface area contributed by atoms with Crippen molar-refractivity contribution in [3.8, 4) is 5.75 Å². The van der Waals surface area contributed by atoms with Crippen molar-refractivity contribution in [2.24, 2.45) is 0 Å². The Morgan fingerprint density at radius 2 is 1.80 bits per heavy atom. The number of carbonyl (C=O) groups is 1. The summed E-state index contributed by atoms with van der Waals surface area (Å²) < 4.78 is 34.7. The van der Waals surface area contributed by atoms with E-state index < -0.39 is 10.0 Å². The van der Waals surface area contributed by atoms with Crippen LogP contribution in [0, 0.1) is 6.92 Å². The standard InChI is InChI=1S/C23H28N2O4S/c1-17-7-9-19(10-8-17)21-6-4-3-5-13-25(21)30(27,28)20-11-12-22-23(16-20)29-15-14-24(22)18(2)26/h7-12,16,21H,3-6,13-15H2,1-2H3. The summed E-state index contributed by atoms with van der Waals surface area (Å²) in [5.74, 6) is 0.362. The van der Waals surface area contributed by atoms with Gasteiger partial charge in [0.15, 0.2) is 0 Å². The Hall–Kier alpha value is -2.38. The number of aryl methyl sites for hydroxylation is 1. The molecule has 0 aliphatic carbocycles. The molecule has 0 radical (unpaired) electrons. The summed E-state index contributed by atoms with van der Waals surface area (Å²) in [6, 6.07) is 12.8. The van der Waals surface area contributed by atoms with E-state index in [0.717, 1.165) is 36.8 Å². The van der Waals surface area contributed by atoms with Crippen LogP contribution in [0.2, 0.25) is 0 Å². The summed E-state index contributed by atoms with van der Waals surface area (Å²) in [6.45, 7) is 4.85. The summed E-state index contributed by atoms with van der Waals surface area (Å²) in [6.07, 6.45) is 3.68. The summed E-state index contributed by atoms with van der Waals surface area (Å²) in [5.41, 5.74) is 2.81. The highest BCUT2D eigenvalue weighted by molar-refractivity contribution is 7.89. The first-order valence-electron chi connectivity index (χ1n) is 10.5. The van der Waals surface area contributed by atoms with Crippen molar-refractivity contribution in [1.82, 2.24) is 4.31 Å². The van der Waals surface area contributed by atoms with Gasteiger partial charge in [0.1, 0.15) is 12.4 Å². The molecule has 4 rings (SSSR count). The van der Waals surface area contributed by atoms with Gasteiger partial charge in [0, 0.05) is 19.5 Å². The average molecular weight is 429 g/mol. The SMILES string of the molecule is CC(=O)N1CCOc2cc(S(=O)(=O)N3CCCCCC3c3ccc(C)cc3)ccc21. The molecule has 160 valence electrons. The van der Waals surface area contributed by atoms with Gasteiger partial charge in [-0.05, 0) is 37.5 Å². The number of anilines is 1. The zero-order chi connectivity index (χ0) is 21.3. The number of carbonyl (C=O) groups excluding carboxylic acids is 1. The Kier molecular flexibility index (Phi) is 5.84. The lowest BCUT2D eigenvalue weighted by Crippen LogP contribution is -2.37. The van der Waals surface area contributed by atoms with Crippen LogP contribution < -0.4 is 9.64 Å². The number of benzene rings is 2. The smallest absolute Gasteiger partial charge is 0.243 e. The number of fused-ring (bicyclic) bond motifs is 1. The molecule has 0 saturated carbocycles. The number of nitrogens with zero attached hydrogens (tertiary/aromatic N) is 2. The van der Waals surface area contributed by atoms with Crippen LogP contribution in [-0.4, -0.2) is 38.3 Å². The Labute approximate surface area is 178 Å². The van der Waals surface area contributed by atoms with E-state index in [2.05, 4.69) is 0 Å². The maximum absolute atomic E-state index is 13.7. The minimum atomic E-state index is -3.71. The van der Waals surface area contributed by atoms with Gasteiger partial charge < -0.3 is 9.64 Å². The molecule has 30 heavy (non-hydrogen) atoms. The van der Waals surface area contributed by atoms with E-state index in [-0.39, 0.29) is 16.8 Å². The fraction of sp³-hybridized carbons (Fsp3) is 0.435. The molecular formula is C23H28N2O4S. The van der Waals surface area contributed by atoms with Crippen LogP contribution >= 0.6 is 0 Å². The molecule has 1 amide bonds. The van der Waals surface area contributed by atoms with E-state index in [9.17, 15) is 13.2 Å². The summed E-state index contributed by atoms with van der Waals surface area (Å²) in [7, 11) is -3.71. The van der Waals surface area contributed by atoms with E-state index in [1.165, 1.54) is 6.92 Å². The van der Waals surface area contributed by atoms with Crippen molar-refractivity contribution in [1.29, 1.82) is 0 Å². The third kappa shape index (κ3) is 3.96. The van der Waals surface area contributed by atoms with E-state index in [0.29, 0.717) is 31.1 Å². The van der Waals surface area contributed by atoms with E-state index in [1.54, 1.807) is 27.4 Å². The van der Waals surface area contributed by atoms with Crippen molar-refractivity contribution < 1.29 is 17.9 Å². The molecule has 2 aromatic rings. The molecule has 6 nitrogen and oxygen atoms in total. The zero-order valence-electron chi connectivity index (χ0n) is 17.5. The van der Waals surface area contributed by atoms with E-state index >= 15 is 0 Å². The minimum absolute atomic E-state index is 0.0814. The van der Waals surface area contributed by atoms with Gasteiger partial charge in [-0.1, -0.05) is 42.7 Å². The number of hydrogen-bond acceptors (Lipinski definition) is 4. The Balaban J connectivity index is 1.72. The number of amides is 1. The van der Waals surface area contributed by atoms with Crippen molar-refractivity contribution >= 4 is 21.6 Å². The molecule has 1 atom stereocenters. The second-order valence-corrected chi connectivity index (χ2v) is 9.93. The van der Waals surface area contributed by atoms with Gasteiger partial charge in [0.05, 0.1) is 23.2 Å². The zero-order valence-corrected chi connectivity index (χ0v) is 18.3. The molecule has 0 bridgehead atoms. The number of hydrogen-bond donors (Lipinski definition) is 0. The average Bonchev–Trinajstić information content (AvgIpc) is 3.00.